The van der Waals surface area contributed by atoms with Crippen LogP contribution in [0.4, 0.5) is 5.69 Å². The predicted octanol–water partition coefficient (Wildman–Crippen LogP) is 3.27. The van der Waals surface area contributed by atoms with Crippen LogP contribution >= 0.6 is 39.1 Å². The summed E-state index contributed by atoms with van der Waals surface area (Å²) in [6.45, 7) is -0.350. The molecule has 26 heavy (non-hydrogen) atoms. The minimum Gasteiger partial charge on any atom is -0.867 e. The van der Waals surface area contributed by atoms with Gasteiger partial charge in [-0.15, -0.1) is 0 Å². The van der Waals surface area contributed by atoms with E-state index in [0.29, 0.717) is 15.2 Å². The summed E-state index contributed by atoms with van der Waals surface area (Å²) in [4.78, 5) is 21.6. The highest BCUT2D eigenvalue weighted by Crippen LogP contribution is 2.30. The van der Waals surface area contributed by atoms with E-state index in [9.17, 15) is 20.0 Å². The maximum absolute atomic E-state index is 11.9. The van der Waals surface area contributed by atoms with Crippen molar-refractivity contribution in [3.05, 3.63) is 60.5 Å². The number of nitro benzene ring substituents is 1. The number of nitrogens with zero attached hydrogens (tertiary/aromatic N) is 2. The lowest BCUT2D eigenvalue weighted by molar-refractivity contribution is -0.398. The van der Waals surface area contributed by atoms with Crippen molar-refractivity contribution in [2.45, 2.75) is 0 Å². The van der Waals surface area contributed by atoms with Crippen LogP contribution in [0, 0.1) is 10.1 Å². The van der Waals surface area contributed by atoms with Crippen LogP contribution in [0.3, 0.4) is 0 Å². The molecule has 0 spiro atoms. The molecule has 11 heteroatoms. The lowest BCUT2D eigenvalue weighted by Crippen LogP contribution is -2.24. The molecule has 0 radical (unpaired) electrons. The highest BCUT2D eigenvalue weighted by molar-refractivity contribution is 9.10. The van der Waals surface area contributed by atoms with E-state index < -0.39 is 22.3 Å². The molecule has 0 unspecified atom stereocenters. The summed E-state index contributed by atoms with van der Waals surface area (Å²) in [6, 6.07) is 6.93. The Hall–Kier alpha value is -2.36. The van der Waals surface area contributed by atoms with Gasteiger partial charge in [-0.1, -0.05) is 23.2 Å². The van der Waals surface area contributed by atoms with Gasteiger partial charge in [0.2, 0.25) is 0 Å². The molecule has 1 amide bonds. The second-order valence-corrected chi connectivity index (χ2v) is 6.48. The van der Waals surface area contributed by atoms with Crippen LogP contribution in [0.1, 0.15) is 5.56 Å². The Morgan fingerprint density at radius 3 is 2.69 bits per heavy atom. The third kappa shape index (κ3) is 5.32. The van der Waals surface area contributed by atoms with Gasteiger partial charge in [0.05, 0.1) is 15.6 Å². The number of hydrazone groups is 1. The summed E-state index contributed by atoms with van der Waals surface area (Å²) in [5.74, 6) is -1.06. The molecule has 2 aromatic rings. The van der Waals surface area contributed by atoms with Gasteiger partial charge in [0.1, 0.15) is 5.75 Å². The van der Waals surface area contributed by atoms with Crippen LogP contribution in [0.15, 0.2) is 39.9 Å². The number of halogens is 3. The van der Waals surface area contributed by atoms with Gasteiger partial charge in [0, 0.05) is 16.1 Å². The van der Waals surface area contributed by atoms with Gasteiger partial charge < -0.3 is 9.84 Å². The minimum absolute atomic E-state index is 0.00000142. The summed E-state index contributed by atoms with van der Waals surface area (Å²) in [5.41, 5.74) is 1.33. The van der Waals surface area contributed by atoms with E-state index in [1.807, 2.05) is 0 Å². The fraction of sp³-hybridized carbons (Fsp3) is 0.0667. The quantitative estimate of drug-likeness (QED) is 0.402. The normalized spacial score (nSPS) is 10.7. The van der Waals surface area contributed by atoms with E-state index in [4.69, 9.17) is 27.9 Å². The van der Waals surface area contributed by atoms with E-state index in [2.05, 4.69) is 26.5 Å². The van der Waals surface area contributed by atoms with E-state index in [-0.39, 0.29) is 17.2 Å². The molecular weight excluding hydrogens is 453 g/mol. The van der Waals surface area contributed by atoms with Crippen LogP contribution in [0.5, 0.6) is 11.5 Å². The van der Waals surface area contributed by atoms with Crippen LogP contribution < -0.4 is 15.3 Å². The molecule has 0 aromatic heterocycles. The second kappa shape index (κ2) is 8.84. The number of rotatable bonds is 6. The number of carbonyl (C=O) groups is 1. The third-order valence-electron chi connectivity index (χ3n) is 2.91. The van der Waals surface area contributed by atoms with Gasteiger partial charge in [-0.05, 0) is 51.5 Å². The molecule has 0 saturated carbocycles. The number of nitrogens with one attached hydrogen (secondary N) is 1. The molecular formula is C15H9BrCl2N3O5-. The first-order valence-electron chi connectivity index (χ1n) is 6.82. The Labute approximate surface area is 165 Å². The van der Waals surface area contributed by atoms with Crippen molar-refractivity contribution in [3.8, 4) is 11.5 Å². The number of hydrogen-bond donors (Lipinski definition) is 1. The molecule has 1 N–H and O–H groups in total. The molecule has 2 aromatic carbocycles. The van der Waals surface area contributed by atoms with Gasteiger partial charge in [0.15, 0.2) is 6.61 Å². The van der Waals surface area contributed by atoms with Crippen molar-refractivity contribution >= 4 is 56.9 Å². The summed E-state index contributed by atoms with van der Waals surface area (Å²) in [6.07, 6.45) is 0.970. The average Bonchev–Trinajstić information content (AvgIpc) is 2.56. The molecule has 8 nitrogen and oxygen atoms in total. The third-order valence-corrected chi connectivity index (χ3v) is 3.98. The first-order chi connectivity index (χ1) is 12.3. The van der Waals surface area contributed by atoms with Crippen molar-refractivity contribution in [1.29, 1.82) is 0 Å². The van der Waals surface area contributed by atoms with Crippen molar-refractivity contribution in [2.75, 3.05) is 6.61 Å². The SMILES string of the molecule is O=C(COc1ccc(Cl)cc1Br)N/N=C\c1cc(Cl)cc([N+](=O)[O-])c1[O-]. The van der Waals surface area contributed by atoms with Gasteiger partial charge in [-0.25, -0.2) is 5.43 Å². The smallest absolute Gasteiger partial charge is 0.277 e. The van der Waals surface area contributed by atoms with Crippen LogP contribution in [0.2, 0.25) is 10.0 Å². The molecule has 0 heterocycles. The summed E-state index contributed by atoms with van der Waals surface area (Å²) >= 11 is 14.8. The first kappa shape index (κ1) is 20.0. The molecule has 0 atom stereocenters. The molecule has 136 valence electrons. The lowest BCUT2D eigenvalue weighted by Gasteiger charge is -2.11. The van der Waals surface area contributed by atoms with Crippen molar-refractivity contribution < 1.29 is 19.6 Å². The Morgan fingerprint density at radius 1 is 1.31 bits per heavy atom. The molecule has 0 fully saturated rings. The summed E-state index contributed by atoms with van der Waals surface area (Å²) < 4.78 is 5.86. The Kier molecular flexibility index (Phi) is 6.78. The second-order valence-electron chi connectivity index (χ2n) is 4.76. The molecule has 0 bridgehead atoms. The molecule has 0 aliphatic rings. The standard InChI is InChI=1S/C15H10BrCl2N3O5/c16-11-4-9(17)1-2-13(11)26-7-14(22)20-19-6-8-3-10(18)5-12(15(8)23)21(24)25/h1-6,23H,7H2,(H,20,22)/p-1/b19-6-. The zero-order chi connectivity index (χ0) is 19.3. The largest absolute Gasteiger partial charge is 0.867 e. The fourth-order valence-corrected chi connectivity index (χ4v) is 2.79. The topological polar surface area (TPSA) is 117 Å². The van der Waals surface area contributed by atoms with Crippen LogP contribution in [-0.2, 0) is 4.79 Å². The van der Waals surface area contributed by atoms with Crippen LogP contribution in [-0.4, -0.2) is 23.7 Å². The average molecular weight is 462 g/mol. The van der Waals surface area contributed by atoms with Gasteiger partial charge in [-0.2, -0.15) is 5.10 Å². The molecule has 2 rings (SSSR count). The zero-order valence-corrected chi connectivity index (χ0v) is 15.8. The Bertz CT molecular complexity index is 892. The number of hydrogen-bond acceptors (Lipinski definition) is 6. The maximum atomic E-state index is 11.9. The number of benzene rings is 2. The molecule has 0 aliphatic heterocycles. The Morgan fingerprint density at radius 2 is 2.04 bits per heavy atom. The number of ether oxygens (including phenoxy) is 1. The van der Waals surface area contributed by atoms with Gasteiger partial charge in [-0.3, -0.25) is 14.9 Å². The van der Waals surface area contributed by atoms with Crippen LogP contribution in [0.25, 0.3) is 0 Å². The number of amides is 1. The number of carbonyl (C=O) groups excluding carboxylic acids is 1. The Balaban J connectivity index is 1.98. The summed E-state index contributed by atoms with van der Waals surface area (Å²) in [7, 11) is 0. The van der Waals surface area contributed by atoms with E-state index >= 15 is 0 Å². The van der Waals surface area contributed by atoms with Crippen molar-refractivity contribution in [2.24, 2.45) is 5.10 Å². The maximum Gasteiger partial charge on any atom is 0.277 e. The van der Waals surface area contributed by atoms with Gasteiger partial charge >= 0.3 is 0 Å². The minimum atomic E-state index is -0.862. The van der Waals surface area contributed by atoms with Gasteiger partial charge in [0.25, 0.3) is 11.6 Å². The van der Waals surface area contributed by atoms with E-state index in [1.54, 1.807) is 18.2 Å². The highest BCUT2D eigenvalue weighted by atomic mass is 79.9. The molecule has 0 aliphatic carbocycles. The van der Waals surface area contributed by atoms with Crippen molar-refractivity contribution in [3.63, 3.8) is 0 Å². The zero-order valence-electron chi connectivity index (χ0n) is 12.7. The lowest BCUT2D eigenvalue weighted by atomic mass is 10.2. The predicted molar refractivity (Wildman–Crippen MR) is 97.9 cm³/mol. The van der Waals surface area contributed by atoms with E-state index in [0.717, 1.165) is 12.3 Å². The fourth-order valence-electron chi connectivity index (χ4n) is 1.77. The van der Waals surface area contributed by atoms with Crippen molar-refractivity contribution in [1.82, 2.24) is 5.43 Å². The van der Waals surface area contributed by atoms with E-state index in [1.165, 1.54) is 6.07 Å². The molecule has 0 saturated heterocycles. The summed E-state index contributed by atoms with van der Waals surface area (Å²) in [5, 5.41) is 26.7. The highest BCUT2D eigenvalue weighted by Gasteiger charge is 2.11. The first-order valence-corrected chi connectivity index (χ1v) is 8.37. The number of nitro groups is 1. The monoisotopic (exact) mass is 460 g/mol.